The largest absolute Gasteiger partial charge is 0.312 e. The van der Waals surface area contributed by atoms with E-state index in [0.717, 1.165) is 5.92 Å². The van der Waals surface area contributed by atoms with Crippen molar-refractivity contribution >= 4 is 0 Å². The summed E-state index contributed by atoms with van der Waals surface area (Å²) in [7, 11) is 0. The van der Waals surface area contributed by atoms with Crippen LogP contribution in [0.2, 0.25) is 0 Å². The van der Waals surface area contributed by atoms with Crippen molar-refractivity contribution in [1.82, 2.24) is 5.32 Å². The fraction of sp³-hybridized carbons (Fsp3) is 1.00. The topological polar surface area (TPSA) is 12.0 Å². The maximum Gasteiger partial charge on any atom is 0.0127 e. The van der Waals surface area contributed by atoms with Crippen LogP contribution in [0.4, 0.5) is 0 Å². The SMILES string of the molecule is CCCCNC(C)(C)CC1CCCCC1. The van der Waals surface area contributed by atoms with Crippen molar-refractivity contribution < 1.29 is 0 Å². The van der Waals surface area contributed by atoms with Gasteiger partial charge in [0.15, 0.2) is 0 Å². The fourth-order valence-corrected chi connectivity index (χ4v) is 2.79. The second kappa shape index (κ2) is 6.52. The van der Waals surface area contributed by atoms with E-state index in [-0.39, 0.29) is 0 Å². The van der Waals surface area contributed by atoms with Gasteiger partial charge >= 0.3 is 0 Å². The molecular weight excluding hydrogens is 182 g/mol. The molecule has 1 nitrogen and oxygen atoms in total. The van der Waals surface area contributed by atoms with Crippen LogP contribution in [0.5, 0.6) is 0 Å². The molecule has 0 bridgehead atoms. The van der Waals surface area contributed by atoms with Crippen molar-refractivity contribution in [3.05, 3.63) is 0 Å². The summed E-state index contributed by atoms with van der Waals surface area (Å²) in [6.45, 7) is 8.20. The average Bonchev–Trinajstić information content (AvgIpc) is 2.18. The summed E-state index contributed by atoms with van der Waals surface area (Å²) < 4.78 is 0. The lowest BCUT2D eigenvalue weighted by atomic mass is 9.81. The molecule has 0 radical (unpaired) electrons. The molecule has 1 fully saturated rings. The average molecular weight is 211 g/mol. The second-order valence-corrected chi connectivity index (χ2v) is 5.87. The summed E-state index contributed by atoms with van der Waals surface area (Å²) in [5.41, 5.74) is 0.358. The lowest BCUT2D eigenvalue weighted by molar-refractivity contribution is 0.246. The molecule has 0 amide bonds. The zero-order valence-corrected chi connectivity index (χ0v) is 10.9. The van der Waals surface area contributed by atoms with E-state index in [2.05, 4.69) is 26.1 Å². The molecule has 0 heterocycles. The molecule has 0 saturated heterocycles. The van der Waals surface area contributed by atoms with Gasteiger partial charge in [-0.15, -0.1) is 0 Å². The Morgan fingerprint density at radius 1 is 1.13 bits per heavy atom. The van der Waals surface area contributed by atoms with Gasteiger partial charge < -0.3 is 5.32 Å². The third-order valence-electron chi connectivity index (χ3n) is 3.66. The third kappa shape index (κ3) is 5.55. The molecule has 1 heteroatoms. The molecule has 0 atom stereocenters. The molecule has 0 aromatic heterocycles. The van der Waals surface area contributed by atoms with Gasteiger partial charge in [0.1, 0.15) is 0 Å². The van der Waals surface area contributed by atoms with Crippen molar-refractivity contribution in [2.45, 2.75) is 77.7 Å². The third-order valence-corrected chi connectivity index (χ3v) is 3.66. The maximum atomic E-state index is 3.71. The number of hydrogen-bond donors (Lipinski definition) is 1. The molecule has 1 aliphatic carbocycles. The fourth-order valence-electron chi connectivity index (χ4n) is 2.79. The highest BCUT2D eigenvalue weighted by Gasteiger charge is 2.23. The Morgan fingerprint density at radius 3 is 2.40 bits per heavy atom. The number of nitrogens with one attached hydrogen (secondary N) is 1. The molecule has 1 aliphatic rings. The first kappa shape index (κ1) is 13.0. The Bertz CT molecular complexity index is 157. The quantitative estimate of drug-likeness (QED) is 0.652. The normalized spacial score (nSPS) is 19.4. The van der Waals surface area contributed by atoms with Gasteiger partial charge in [-0.2, -0.15) is 0 Å². The molecule has 0 spiro atoms. The Balaban J connectivity index is 2.20. The predicted octanol–water partition coefficient (Wildman–Crippen LogP) is 4.13. The van der Waals surface area contributed by atoms with Gasteiger partial charge in [0, 0.05) is 5.54 Å². The van der Waals surface area contributed by atoms with E-state index in [1.807, 2.05) is 0 Å². The Kier molecular flexibility index (Phi) is 5.66. The van der Waals surface area contributed by atoms with Gasteiger partial charge in [-0.05, 0) is 39.2 Å². The molecule has 0 unspecified atom stereocenters. The lowest BCUT2D eigenvalue weighted by Crippen LogP contribution is -2.41. The van der Waals surface area contributed by atoms with Crippen LogP contribution in [0.25, 0.3) is 0 Å². The highest BCUT2D eigenvalue weighted by molar-refractivity contribution is 4.82. The van der Waals surface area contributed by atoms with E-state index >= 15 is 0 Å². The number of rotatable bonds is 6. The molecule has 1 N–H and O–H groups in total. The number of unbranched alkanes of at least 4 members (excludes halogenated alkanes) is 1. The zero-order valence-electron chi connectivity index (χ0n) is 10.9. The predicted molar refractivity (Wildman–Crippen MR) is 68.2 cm³/mol. The van der Waals surface area contributed by atoms with Crippen LogP contribution in [0, 0.1) is 5.92 Å². The highest BCUT2D eigenvalue weighted by atomic mass is 14.9. The molecule has 0 aromatic carbocycles. The van der Waals surface area contributed by atoms with Crippen molar-refractivity contribution in [2.24, 2.45) is 5.92 Å². The van der Waals surface area contributed by atoms with E-state index in [1.165, 1.54) is 57.9 Å². The molecule has 0 aromatic rings. The maximum absolute atomic E-state index is 3.71. The van der Waals surface area contributed by atoms with Crippen LogP contribution < -0.4 is 5.32 Å². The van der Waals surface area contributed by atoms with E-state index in [4.69, 9.17) is 0 Å². The van der Waals surface area contributed by atoms with Crippen LogP contribution in [0.1, 0.15) is 72.1 Å². The minimum Gasteiger partial charge on any atom is -0.312 e. The van der Waals surface area contributed by atoms with E-state index in [9.17, 15) is 0 Å². The summed E-state index contributed by atoms with van der Waals surface area (Å²) >= 11 is 0. The molecule has 90 valence electrons. The standard InChI is InChI=1S/C14H29N/c1-4-5-11-15-14(2,3)12-13-9-7-6-8-10-13/h13,15H,4-12H2,1-3H3. The van der Waals surface area contributed by atoms with Gasteiger partial charge in [-0.3, -0.25) is 0 Å². The van der Waals surface area contributed by atoms with Crippen molar-refractivity contribution in [2.75, 3.05) is 6.54 Å². The molecule has 1 saturated carbocycles. The van der Waals surface area contributed by atoms with E-state index in [0.29, 0.717) is 5.54 Å². The summed E-state index contributed by atoms with van der Waals surface area (Å²) in [5.74, 6) is 0.989. The summed E-state index contributed by atoms with van der Waals surface area (Å²) in [5, 5.41) is 3.71. The first-order valence-corrected chi connectivity index (χ1v) is 6.89. The van der Waals surface area contributed by atoms with Crippen molar-refractivity contribution in [3.8, 4) is 0 Å². The van der Waals surface area contributed by atoms with Gasteiger partial charge in [-0.1, -0.05) is 45.4 Å². The van der Waals surface area contributed by atoms with Crippen LogP contribution in [0.15, 0.2) is 0 Å². The smallest absolute Gasteiger partial charge is 0.0127 e. The minimum atomic E-state index is 0.358. The Morgan fingerprint density at radius 2 is 1.80 bits per heavy atom. The summed E-state index contributed by atoms with van der Waals surface area (Å²) in [4.78, 5) is 0. The van der Waals surface area contributed by atoms with Crippen molar-refractivity contribution in [3.63, 3.8) is 0 Å². The molecular formula is C14H29N. The van der Waals surface area contributed by atoms with E-state index in [1.54, 1.807) is 0 Å². The highest BCUT2D eigenvalue weighted by Crippen LogP contribution is 2.30. The summed E-state index contributed by atoms with van der Waals surface area (Å²) in [6, 6.07) is 0. The number of hydrogen-bond acceptors (Lipinski definition) is 1. The van der Waals surface area contributed by atoms with Crippen LogP contribution in [0.3, 0.4) is 0 Å². The minimum absolute atomic E-state index is 0.358. The van der Waals surface area contributed by atoms with Gasteiger partial charge in [0.2, 0.25) is 0 Å². The zero-order chi connectivity index (χ0) is 11.1. The second-order valence-electron chi connectivity index (χ2n) is 5.87. The Labute approximate surface area is 96.0 Å². The van der Waals surface area contributed by atoms with Gasteiger partial charge in [-0.25, -0.2) is 0 Å². The van der Waals surface area contributed by atoms with Crippen LogP contribution in [-0.2, 0) is 0 Å². The molecule has 1 rings (SSSR count). The summed E-state index contributed by atoms with van der Waals surface area (Å²) in [6.07, 6.45) is 11.3. The molecule has 0 aliphatic heterocycles. The van der Waals surface area contributed by atoms with E-state index < -0.39 is 0 Å². The van der Waals surface area contributed by atoms with Crippen molar-refractivity contribution in [1.29, 1.82) is 0 Å². The monoisotopic (exact) mass is 211 g/mol. The Hall–Kier alpha value is -0.0400. The first-order chi connectivity index (χ1) is 7.14. The van der Waals surface area contributed by atoms with Gasteiger partial charge in [0.25, 0.3) is 0 Å². The molecule has 15 heavy (non-hydrogen) atoms. The van der Waals surface area contributed by atoms with Crippen LogP contribution in [-0.4, -0.2) is 12.1 Å². The van der Waals surface area contributed by atoms with Crippen LogP contribution >= 0.6 is 0 Å². The lowest BCUT2D eigenvalue weighted by Gasteiger charge is -2.33. The first-order valence-electron chi connectivity index (χ1n) is 6.89. The van der Waals surface area contributed by atoms with Gasteiger partial charge in [0.05, 0.1) is 0 Å².